The van der Waals surface area contributed by atoms with E-state index in [9.17, 15) is 5.11 Å². The molecule has 1 unspecified atom stereocenters. The maximum absolute atomic E-state index is 10.6. The lowest BCUT2D eigenvalue weighted by atomic mass is 10.0. The van der Waals surface area contributed by atoms with Crippen LogP contribution in [0.3, 0.4) is 0 Å². The van der Waals surface area contributed by atoms with Gasteiger partial charge in [0.05, 0.1) is 18.3 Å². The van der Waals surface area contributed by atoms with Crippen LogP contribution in [0.2, 0.25) is 0 Å². The molecule has 0 aliphatic rings. The van der Waals surface area contributed by atoms with Crippen molar-refractivity contribution in [1.29, 1.82) is 0 Å². The molecule has 0 saturated carbocycles. The van der Waals surface area contributed by atoms with Crippen LogP contribution in [0.25, 0.3) is 10.9 Å². The number of pyridine rings is 2. The summed E-state index contributed by atoms with van der Waals surface area (Å²) in [4.78, 5) is 8.58. The summed E-state index contributed by atoms with van der Waals surface area (Å²) in [5, 5.41) is 11.5. The molecule has 0 bridgehead atoms. The van der Waals surface area contributed by atoms with E-state index >= 15 is 0 Å². The Morgan fingerprint density at radius 2 is 1.90 bits per heavy atom. The molecule has 4 nitrogen and oxygen atoms in total. The van der Waals surface area contributed by atoms with Crippen LogP contribution in [0.4, 0.5) is 0 Å². The Hall–Kier alpha value is -2.46. The number of rotatable bonds is 3. The van der Waals surface area contributed by atoms with Crippen molar-refractivity contribution < 1.29 is 9.84 Å². The van der Waals surface area contributed by atoms with Crippen LogP contribution in [0.15, 0.2) is 54.7 Å². The molecule has 0 saturated heterocycles. The summed E-state index contributed by atoms with van der Waals surface area (Å²) in [6, 6.07) is 14.9. The molecule has 2 aromatic heterocycles. The fraction of sp³-hybridized carbons (Fsp3) is 0.125. The first-order valence-electron chi connectivity index (χ1n) is 6.32. The molecule has 1 N–H and O–H groups in total. The molecule has 0 spiro atoms. The average Bonchev–Trinajstić information content (AvgIpc) is 2.54. The first kappa shape index (κ1) is 12.6. The van der Waals surface area contributed by atoms with E-state index in [1.807, 2.05) is 36.4 Å². The summed E-state index contributed by atoms with van der Waals surface area (Å²) in [7, 11) is 1.56. The third kappa shape index (κ3) is 2.21. The number of hydrogen-bond acceptors (Lipinski definition) is 4. The summed E-state index contributed by atoms with van der Waals surface area (Å²) >= 11 is 0. The van der Waals surface area contributed by atoms with Crippen molar-refractivity contribution in [3.63, 3.8) is 0 Å². The van der Waals surface area contributed by atoms with Gasteiger partial charge in [0.25, 0.3) is 0 Å². The first-order valence-corrected chi connectivity index (χ1v) is 6.32. The number of hydrogen-bond donors (Lipinski definition) is 1. The van der Waals surface area contributed by atoms with Gasteiger partial charge in [0.2, 0.25) is 5.88 Å². The number of aliphatic hydroxyl groups excluding tert-OH is 1. The summed E-state index contributed by atoms with van der Waals surface area (Å²) in [5.41, 5.74) is 2.13. The van der Waals surface area contributed by atoms with Crippen molar-refractivity contribution >= 4 is 10.9 Å². The third-order valence-electron chi connectivity index (χ3n) is 3.20. The number of fused-ring (bicyclic) bond motifs is 1. The largest absolute Gasteiger partial charge is 0.481 e. The molecule has 3 rings (SSSR count). The number of para-hydroxylation sites is 1. The standard InChI is InChI=1S/C16H14N2O2/c1-20-15-10-12(11-6-2-3-7-13(11)18-15)16(19)14-8-4-5-9-17-14/h2-10,16,19H,1H3. The van der Waals surface area contributed by atoms with Gasteiger partial charge in [-0.15, -0.1) is 0 Å². The highest BCUT2D eigenvalue weighted by molar-refractivity contribution is 5.83. The van der Waals surface area contributed by atoms with Gasteiger partial charge in [0, 0.05) is 23.2 Å². The zero-order valence-corrected chi connectivity index (χ0v) is 11.0. The predicted octanol–water partition coefficient (Wildman–Crippen LogP) is 2.72. The van der Waals surface area contributed by atoms with Crippen molar-refractivity contribution in [3.8, 4) is 5.88 Å². The van der Waals surface area contributed by atoms with Gasteiger partial charge in [-0.1, -0.05) is 24.3 Å². The molecule has 3 aromatic rings. The monoisotopic (exact) mass is 266 g/mol. The molecule has 0 aliphatic heterocycles. The summed E-state index contributed by atoms with van der Waals surface area (Å²) < 4.78 is 5.21. The van der Waals surface area contributed by atoms with E-state index in [0.717, 1.165) is 16.5 Å². The molecular formula is C16H14N2O2. The highest BCUT2D eigenvalue weighted by Gasteiger charge is 2.16. The van der Waals surface area contributed by atoms with Gasteiger partial charge in [0.15, 0.2) is 0 Å². The number of ether oxygens (including phenoxy) is 1. The van der Waals surface area contributed by atoms with Gasteiger partial charge in [-0.05, 0) is 18.2 Å². The number of aliphatic hydroxyl groups is 1. The van der Waals surface area contributed by atoms with Crippen LogP contribution in [0, 0.1) is 0 Å². The highest BCUT2D eigenvalue weighted by Crippen LogP contribution is 2.29. The Morgan fingerprint density at radius 3 is 2.65 bits per heavy atom. The molecule has 2 heterocycles. The lowest BCUT2D eigenvalue weighted by Gasteiger charge is -2.14. The number of benzene rings is 1. The van der Waals surface area contributed by atoms with Crippen LogP contribution < -0.4 is 4.74 Å². The van der Waals surface area contributed by atoms with E-state index in [0.29, 0.717) is 11.6 Å². The number of aromatic nitrogens is 2. The smallest absolute Gasteiger partial charge is 0.213 e. The fourth-order valence-electron chi connectivity index (χ4n) is 2.20. The first-order chi connectivity index (χ1) is 9.79. The minimum atomic E-state index is -0.807. The molecule has 0 aliphatic carbocycles. The van der Waals surface area contributed by atoms with Crippen LogP contribution in [-0.2, 0) is 0 Å². The molecule has 0 fully saturated rings. The quantitative estimate of drug-likeness (QED) is 0.792. The zero-order chi connectivity index (χ0) is 13.9. The molecule has 0 amide bonds. The second-order valence-electron chi connectivity index (χ2n) is 4.43. The second-order valence-corrected chi connectivity index (χ2v) is 4.43. The van der Waals surface area contributed by atoms with Crippen molar-refractivity contribution in [2.75, 3.05) is 7.11 Å². The summed E-state index contributed by atoms with van der Waals surface area (Å²) in [6.45, 7) is 0. The topological polar surface area (TPSA) is 55.2 Å². The minimum Gasteiger partial charge on any atom is -0.481 e. The Morgan fingerprint density at radius 1 is 1.10 bits per heavy atom. The van der Waals surface area contributed by atoms with Gasteiger partial charge >= 0.3 is 0 Å². The van der Waals surface area contributed by atoms with E-state index < -0.39 is 6.10 Å². The van der Waals surface area contributed by atoms with Crippen LogP contribution in [-0.4, -0.2) is 22.2 Å². The molecule has 20 heavy (non-hydrogen) atoms. The van der Waals surface area contributed by atoms with Crippen molar-refractivity contribution in [2.45, 2.75) is 6.10 Å². The Labute approximate surface area is 116 Å². The Bertz CT molecular complexity index is 729. The van der Waals surface area contributed by atoms with E-state index in [1.54, 1.807) is 25.4 Å². The van der Waals surface area contributed by atoms with Crippen molar-refractivity contribution in [3.05, 3.63) is 66.0 Å². The highest BCUT2D eigenvalue weighted by atomic mass is 16.5. The second kappa shape index (κ2) is 5.27. The normalized spacial score (nSPS) is 12.3. The van der Waals surface area contributed by atoms with E-state index in [2.05, 4.69) is 9.97 Å². The fourth-order valence-corrected chi connectivity index (χ4v) is 2.20. The van der Waals surface area contributed by atoms with E-state index in [4.69, 9.17) is 4.74 Å². The van der Waals surface area contributed by atoms with Crippen molar-refractivity contribution in [1.82, 2.24) is 9.97 Å². The molecule has 100 valence electrons. The molecule has 4 heteroatoms. The molecular weight excluding hydrogens is 252 g/mol. The SMILES string of the molecule is COc1cc(C(O)c2ccccn2)c2ccccc2n1. The predicted molar refractivity (Wildman–Crippen MR) is 76.6 cm³/mol. The molecule has 1 atom stereocenters. The van der Waals surface area contributed by atoms with Crippen molar-refractivity contribution in [2.24, 2.45) is 0 Å². The van der Waals surface area contributed by atoms with E-state index in [1.165, 1.54) is 0 Å². The van der Waals surface area contributed by atoms with Gasteiger partial charge < -0.3 is 9.84 Å². The lowest BCUT2D eigenvalue weighted by molar-refractivity contribution is 0.216. The van der Waals surface area contributed by atoms with Gasteiger partial charge in [0.1, 0.15) is 6.10 Å². The lowest BCUT2D eigenvalue weighted by Crippen LogP contribution is -2.04. The van der Waals surface area contributed by atoms with Gasteiger partial charge in [-0.3, -0.25) is 4.98 Å². The minimum absolute atomic E-state index is 0.480. The average molecular weight is 266 g/mol. The van der Waals surface area contributed by atoms with Gasteiger partial charge in [-0.2, -0.15) is 0 Å². The van der Waals surface area contributed by atoms with Crippen LogP contribution in [0.5, 0.6) is 5.88 Å². The maximum Gasteiger partial charge on any atom is 0.213 e. The number of nitrogens with zero attached hydrogens (tertiary/aromatic N) is 2. The maximum atomic E-state index is 10.6. The zero-order valence-electron chi connectivity index (χ0n) is 11.0. The Kier molecular flexibility index (Phi) is 3.31. The third-order valence-corrected chi connectivity index (χ3v) is 3.20. The number of methoxy groups -OCH3 is 1. The molecule has 1 aromatic carbocycles. The Balaban J connectivity index is 2.19. The summed E-state index contributed by atoms with van der Waals surface area (Å²) in [6.07, 6.45) is 0.858. The van der Waals surface area contributed by atoms with Crippen LogP contribution >= 0.6 is 0 Å². The summed E-state index contributed by atoms with van der Waals surface area (Å²) in [5.74, 6) is 0.480. The van der Waals surface area contributed by atoms with Gasteiger partial charge in [-0.25, -0.2) is 4.98 Å². The van der Waals surface area contributed by atoms with E-state index in [-0.39, 0.29) is 0 Å². The van der Waals surface area contributed by atoms with Crippen LogP contribution in [0.1, 0.15) is 17.4 Å². The molecule has 0 radical (unpaired) electrons.